The van der Waals surface area contributed by atoms with Crippen LogP contribution in [0.5, 0.6) is 5.75 Å². The normalized spacial score (nSPS) is 14.0. The lowest BCUT2D eigenvalue weighted by Crippen LogP contribution is -2.30. The second-order valence-corrected chi connectivity index (χ2v) is 16.1. The van der Waals surface area contributed by atoms with Crippen molar-refractivity contribution in [1.82, 2.24) is 5.32 Å². The lowest BCUT2D eigenvalue weighted by atomic mass is 9.83. The van der Waals surface area contributed by atoms with E-state index >= 15 is 0 Å². The number of carbonyl (C=O) groups excluding carboxylic acids is 4. The molecule has 11 heteroatoms. The fourth-order valence-electron chi connectivity index (χ4n) is 7.05. The van der Waals surface area contributed by atoms with Gasteiger partial charge < -0.3 is 25.4 Å². The number of nitrogens with one attached hydrogen (secondary N) is 3. The van der Waals surface area contributed by atoms with E-state index in [1.54, 1.807) is 60.7 Å². The Balaban J connectivity index is 1.14. The first-order valence-corrected chi connectivity index (χ1v) is 21.0. The van der Waals surface area contributed by atoms with Crippen molar-refractivity contribution in [3.63, 3.8) is 0 Å². The number of amides is 3. The predicted octanol–water partition coefficient (Wildman–Crippen LogP) is 10.1. The topological polar surface area (TPSA) is 123 Å². The van der Waals surface area contributed by atoms with Crippen molar-refractivity contribution in [2.45, 2.75) is 42.2 Å². The molecule has 0 bridgehead atoms. The molecule has 6 aromatic rings. The first kappa shape index (κ1) is 40.8. The molecule has 59 heavy (non-hydrogen) atoms. The van der Waals surface area contributed by atoms with Gasteiger partial charge in [0.2, 0.25) is 5.91 Å². The number of para-hydroxylation sites is 1. The number of hydrogen-bond donors (Lipinski definition) is 3. The van der Waals surface area contributed by atoms with Gasteiger partial charge in [-0.05, 0) is 91.3 Å². The van der Waals surface area contributed by atoms with Gasteiger partial charge in [-0.2, -0.15) is 0 Å². The molecule has 0 spiro atoms. The molecule has 5 aromatic carbocycles. The number of carbonyl (C=O) groups is 4. The molecule has 1 heterocycles. The molecule has 2 atom stereocenters. The Morgan fingerprint density at radius 3 is 2.25 bits per heavy atom. The van der Waals surface area contributed by atoms with E-state index in [0.717, 1.165) is 28.8 Å². The van der Waals surface area contributed by atoms with Crippen LogP contribution in [0.15, 0.2) is 150 Å². The summed E-state index contributed by atoms with van der Waals surface area (Å²) < 4.78 is 11.0. The maximum absolute atomic E-state index is 14.4. The molecule has 0 fully saturated rings. The molecule has 2 unspecified atom stereocenters. The quantitative estimate of drug-likeness (QED) is 0.0568. The SMILES string of the molecule is CCOc1ccccc1/C=C(/NC(=O)c1ccccc1)C(=O)Nc1cccc(SC(C(=O)Nc2sc3c(c2C(=O)OC)CCC(c2ccccc2)C3)c2ccccc2)c1. The van der Waals surface area contributed by atoms with Gasteiger partial charge in [0, 0.05) is 26.6 Å². The van der Waals surface area contributed by atoms with Crippen molar-refractivity contribution >= 4 is 63.6 Å². The second kappa shape index (κ2) is 19.3. The number of benzene rings is 5. The van der Waals surface area contributed by atoms with Crippen LogP contribution in [-0.2, 0) is 27.2 Å². The van der Waals surface area contributed by atoms with Crippen LogP contribution >= 0.6 is 23.1 Å². The molecule has 0 radical (unpaired) electrons. The molecule has 0 aliphatic heterocycles. The van der Waals surface area contributed by atoms with Crippen LogP contribution in [0.25, 0.3) is 6.08 Å². The van der Waals surface area contributed by atoms with Gasteiger partial charge in [-0.25, -0.2) is 4.79 Å². The van der Waals surface area contributed by atoms with Gasteiger partial charge in [-0.3, -0.25) is 14.4 Å². The van der Waals surface area contributed by atoms with Gasteiger partial charge in [0.05, 0.1) is 19.3 Å². The molecule has 298 valence electrons. The first-order chi connectivity index (χ1) is 28.8. The zero-order valence-electron chi connectivity index (χ0n) is 32.6. The third-order valence-corrected chi connectivity index (χ3v) is 12.3. The molecule has 1 aliphatic rings. The van der Waals surface area contributed by atoms with E-state index < -0.39 is 23.0 Å². The van der Waals surface area contributed by atoms with Crippen LogP contribution in [0, 0.1) is 0 Å². The smallest absolute Gasteiger partial charge is 0.341 e. The van der Waals surface area contributed by atoms with E-state index in [2.05, 4.69) is 28.1 Å². The predicted molar refractivity (Wildman–Crippen MR) is 235 cm³/mol. The van der Waals surface area contributed by atoms with Crippen molar-refractivity contribution < 1.29 is 28.7 Å². The van der Waals surface area contributed by atoms with Gasteiger partial charge in [-0.1, -0.05) is 103 Å². The summed E-state index contributed by atoms with van der Waals surface area (Å²) in [6, 6.07) is 42.9. The maximum atomic E-state index is 14.4. The van der Waals surface area contributed by atoms with E-state index in [1.807, 2.05) is 79.7 Å². The summed E-state index contributed by atoms with van der Waals surface area (Å²) in [5, 5.41) is 8.60. The summed E-state index contributed by atoms with van der Waals surface area (Å²) in [5.74, 6) is -0.893. The van der Waals surface area contributed by atoms with E-state index in [4.69, 9.17) is 9.47 Å². The van der Waals surface area contributed by atoms with E-state index in [0.29, 0.717) is 57.0 Å². The van der Waals surface area contributed by atoms with Crippen molar-refractivity contribution in [2.75, 3.05) is 24.4 Å². The summed E-state index contributed by atoms with van der Waals surface area (Å²) in [4.78, 5) is 56.7. The van der Waals surface area contributed by atoms with Crippen LogP contribution in [0.2, 0.25) is 0 Å². The summed E-state index contributed by atoms with van der Waals surface area (Å²) in [6.07, 6.45) is 3.94. The molecule has 9 nitrogen and oxygen atoms in total. The highest BCUT2D eigenvalue weighted by Crippen LogP contribution is 2.44. The summed E-state index contributed by atoms with van der Waals surface area (Å²) in [6.45, 7) is 2.30. The fraction of sp³-hybridized carbons (Fsp3) is 0.167. The summed E-state index contributed by atoms with van der Waals surface area (Å²) in [7, 11) is 1.36. The van der Waals surface area contributed by atoms with E-state index in [9.17, 15) is 19.2 Å². The van der Waals surface area contributed by atoms with Crippen LogP contribution in [-0.4, -0.2) is 37.4 Å². The molecule has 0 saturated heterocycles. The van der Waals surface area contributed by atoms with Crippen molar-refractivity contribution in [1.29, 1.82) is 0 Å². The minimum atomic E-state index is -0.723. The van der Waals surface area contributed by atoms with Crippen LogP contribution in [0.3, 0.4) is 0 Å². The van der Waals surface area contributed by atoms with Gasteiger partial charge in [0.15, 0.2) is 0 Å². The van der Waals surface area contributed by atoms with Crippen LogP contribution in [0.1, 0.15) is 72.4 Å². The Morgan fingerprint density at radius 2 is 1.53 bits per heavy atom. The number of thioether (sulfide) groups is 1. The zero-order chi connectivity index (χ0) is 41.1. The molecule has 0 saturated carbocycles. The molecule has 3 amide bonds. The number of anilines is 2. The molecule has 7 rings (SSSR count). The molecule has 1 aromatic heterocycles. The lowest BCUT2D eigenvalue weighted by Gasteiger charge is -2.22. The minimum Gasteiger partial charge on any atom is -0.493 e. The molecule has 3 N–H and O–H groups in total. The molecular formula is C48H43N3O6S2. The number of esters is 1. The number of methoxy groups -OCH3 is 1. The third kappa shape index (κ3) is 10.00. The van der Waals surface area contributed by atoms with E-state index in [-0.39, 0.29) is 11.6 Å². The summed E-state index contributed by atoms with van der Waals surface area (Å²) in [5.41, 5.74) is 4.85. The Morgan fingerprint density at radius 1 is 0.831 bits per heavy atom. The van der Waals surface area contributed by atoms with Crippen molar-refractivity contribution in [3.05, 3.63) is 183 Å². The highest BCUT2D eigenvalue weighted by atomic mass is 32.2. The maximum Gasteiger partial charge on any atom is 0.341 e. The lowest BCUT2D eigenvalue weighted by molar-refractivity contribution is -0.116. The molecule has 1 aliphatic carbocycles. The monoisotopic (exact) mass is 821 g/mol. The number of fused-ring (bicyclic) bond motifs is 1. The van der Waals surface area contributed by atoms with Gasteiger partial charge in [0.1, 0.15) is 21.7 Å². The molecular weight excluding hydrogens is 779 g/mol. The zero-order valence-corrected chi connectivity index (χ0v) is 34.2. The summed E-state index contributed by atoms with van der Waals surface area (Å²) >= 11 is 2.75. The Hall–Kier alpha value is -6.43. The van der Waals surface area contributed by atoms with Crippen LogP contribution in [0.4, 0.5) is 10.7 Å². The minimum absolute atomic E-state index is 0.0146. The average molecular weight is 822 g/mol. The first-order valence-electron chi connectivity index (χ1n) is 19.3. The van der Waals surface area contributed by atoms with Crippen molar-refractivity contribution in [2.24, 2.45) is 0 Å². The third-order valence-electron chi connectivity index (χ3n) is 9.90. The number of ether oxygens (including phenoxy) is 2. The Labute approximate surface area is 351 Å². The highest BCUT2D eigenvalue weighted by Gasteiger charge is 2.32. The highest BCUT2D eigenvalue weighted by molar-refractivity contribution is 8.00. The standard InChI is InChI=1S/C48H43N3O6S2/c1-3-57-40-25-14-13-22-35(40)28-39(50-44(52)33-20-11-6-12-21-33)45(53)49-36-23-15-24-37(30-36)58-43(32-18-9-5-10-19-32)46(54)51-47-42(48(55)56-2)38-27-26-34(29-41(38)59-47)31-16-7-4-8-17-31/h4-25,28,30,34,43H,3,26-27,29H2,1-2H3,(H,49,53)(H,50,52)(H,51,54)/b39-28+. The average Bonchev–Trinajstić information content (AvgIpc) is 3.63. The van der Waals surface area contributed by atoms with Crippen molar-refractivity contribution in [3.8, 4) is 5.75 Å². The Bertz CT molecular complexity index is 2470. The Kier molecular flexibility index (Phi) is 13.4. The van der Waals surface area contributed by atoms with Gasteiger partial charge >= 0.3 is 5.97 Å². The second-order valence-electron chi connectivity index (χ2n) is 13.8. The van der Waals surface area contributed by atoms with Crippen LogP contribution < -0.4 is 20.7 Å². The van der Waals surface area contributed by atoms with Gasteiger partial charge in [0.25, 0.3) is 11.8 Å². The fourth-order valence-corrected chi connectivity index (χ4v) is 9.45. The largest absolute Gasteiger partial charge is 0.493 e. The van der Waals surface area contributed by atoms with E-state index in [1.165, 1.54) is 35.8 Å². The number of hydrogen-bond acceptors (Lipinski definition) is 8. The number of thiophene rings is 1. The van der Waals surface area contributed by atoms with Gasteiger partial charge in [-0.15, -0.1) is 23.1 Å². The number of rotatable bonds is 14.